The first-order valence-corrected chi connectivity index (χ1v) is 20.1. The molecule has 268 valence electrons. The second-order valence-corrected chi connectivity index (χ2v) is 19.6. The minimum absolute atomic E-state index is 0.0428. The van der Waals surface area contributed by atoms with Crippen molar-refractivity contribution >= 4 is 11.5 Å². The fourth-order valence-electron chi connectivity index (χ4n) is 14.7. The van der Waals surface area contributed by atoms with E-state index in [-0.39, 0.29) is 16.4 Å². The second-order valence-electron chi connectivity index (χ2n) is 19.6. The Labute approximate surface area is 296 Å². The van der Waals surface area contributed by atoms with Crippen molar-refractivity contribution in [2.45, 2.75) is 117 Å². The number of carboxylic acids is 1. The van der Waals surface area contributed by atoms with E-state index >= 15 is 0 Å². The number of fused-ring (bicyclic) bond motifs is 8. The van der Waals surface area contributed by atoms with Crippen molar-refractivity contribution in [1.29, 1.82) is 0 Å². The molecular formula is C44H65N3O2. The van der Waals surface area contributed by atoms with Crippen LogP contribution in [0.1, 0.15) is 122 Å². The van der Waals surface area contributed by atoms with E-state index in [1.165, 1.54) is 81.0 Å². The predicted octanol–water partition coefficient (Wildman–Crippen LogP) is 8.58. The van der Waals surface area contributed by atoms with Gasteiger partial charge in [0.15, 0.2) is 0 Å². The second kappa shape index (κ2) is 11.8. The number of benzene rings is 1. The van der Waals surface area contributed by atoms with Crippen LogP contribution in [0.2, 0.25) is 0 Å². The van der Waals surface area contributed by atoms with Crippen molar-refractivity contribution in [2.24, 2.45) is 63.1 Å². The molecule has 0 radical (unpaired) electrons. The van der Waals surface area contributed by atoms with Gasteiger partial charge in [0, 0.05) is 31.2 Å². The van der Waals surface area contributed by atoms with E-state index in [9.17, 15) is 9.90 Å². The zero-order valence-electron chi connectivity index (χ0n) is 31.5. The Morgan fingerprint density at radius 3 is 2.39 bits per heavy atom. The monoisotopic (exact) mass is 668 g/mol. The summed E-state index contributed by atoms with van der Waals surface area (Å²) in [4.78, 5) is 11.6. The van der Waals surface area contributed by atoms with Gasteiger partial charge >= 0.3 is 5.97 Å². The summed E-state index contributed by atoms with van der Waals surface area (Å²) in [6.45, 7) is 24.6. The molecule has 1 aromatic carbocycles. The smallest absolute Gasteiger partial charge is 0.335 e. The van der Waals surface area contributed by atoms with Crippen molar-refractivity contribution in [3.05, 3.63) is 53.6 Å². The predicted molar refractivity (Wildman–Crippen MR) is 200 cm³/mol. The van der Waals surface area contributed by atoms with Gasteiger partial charge in [0.1, 0.15) is 0 Å². The van der Waals surface area contributed by atoms with Crippen molar-refractivity contribution in [1.82, 2.24) is 16.0 Å². The molecule has 49 heavy (non-hydrogen) atoms. The lowest BCUT2D eigenvalue weighted by molar-refractivity contribution is -0.219. The van der Waals surface area contributed by atoms with Crippen molar-refractivity contribution in [2.75, 3.05) is 26.2 Å². The maximum atomic E-state index is 11.6. The molecule has 1 heterocycles. The van der Waals surface area contributed by atoms with E-state index in [1.54, 1.807) is 12.1 Å². The number of carbonyl (C=O) groups is 1. The Kier molecular flexibility index (Phi) is 8.21. The standard InChI is InChI=1S/C44H65N3O2/c1-27(2)31-14-19-44(47-23-22-45-26-35-32-24-30(32)25-46-35)21-20-42(6)34(38(31)44)12-13-37-41(5)17-15-33(28-8-10-29(11-9-28)39(48)49)40(3,4)36(41)16-18-43(37,42)7/h8-11,15,30-32,34-38,45-47H,1,12-14,16-26H2,2-7H3,(H,48,49)/t30-,31-,32?,34+,35+,36-,37+,38+,41-,42+,43+,44-/m0/s1. The molecule has 5 heteroatoms. The minimum Gasteiger partial charge on any atom is -0.478 e. The topological polar surface area (TPSA) is 73.4 Å². The molecule has 1 aliphatic heterocycles. The molecule has 1 unspecified atom stereocenters. The first kappa shape index (κ1) is 34.2. The summed E-state index contributed by atoms with van der Waals surface area (Å²) in [6, 6.07) is 8.36. The molecule has 12 atom stereocenters. The van der Waals surface area contributed by atoms with Gasteiger partial charge < -0.3 is 21.1 Å². The molecule has 1 saturated heterocycles. The van der Waals surface area contributed by atoms with Crippen molar-refractivity contribution < 1.29 is 9.90 Å². The summed E-state index contributed by atoms with van der Waals surface area (Å²) >= 11 is 0. The van der Waals surface area contributed by atoms with E-state index in [0.717, 1.165) is 49.7 Å². The number of allylic oxidation sites excluding steroid dienone is 3. The molecule has 1 aromatic rings. The normalized spacial score (nSPS) is 46.0. The van der Waals surface area contributed by atoms with E-state index in [2.05, 4.69) is 70.1 Å². The molecule has 4 N–H and O–H groups in total. The third-order valence-electron chi connectivity index (χ3n) is 17.4. The lowest BCUT2D eigenvalue weighted by Crippen LogP contribution is -2.68. The Morgan fingerprint density at radius 2 is 1.71 bits per heavy atom. The molecule has 0 aromatic heterocycles. The van der Waals surface area contributed by atoms with Gasteiger partial charge in [-0.1, -0.05) is 65.0 Å². The minimum atomic E-state index is -0.852. The number of piperidine rings is 1. The lowest BCUT2D eigenvalue weighted by Gasteiger charge is -2.72. The Hall–Kier alpha value is -1.95. The zero-order chi connectivity index (χ0) is 34.6. The summed E-state index contributed by atoms with van der Waals surface area (Å²) in [6.07, 6.45) is 15.7. The molecule has 5 saturated carbocycles. The highest BCUT2D eigenvalue weighted by Crippen LogP contribution is 2.76. The van der Waals surface area contributed by atoms with Crippen LogP contribution < -0.4 is 16.0 Å². The molecule has 6 aliphatic carbocycles. The van der Waals surface area contributed by atoms with Crippen molar-refractivity contribution in [3.8, 4) is 0 Å². The van der Waals surface area contributed by atoms with Crippen LogP contribution in [-0.4, -0.2) is 48.8 Å². The first-order chi connectivity index (χ1) is 23.3. The third-order valence-corrected chi connectivity index (χ3v) is 17.4. The van der Waals surface area contributed by atoms with E-state index in [1.807, 2.05) is 12.1 Å². The Morgan fingerprint density at radius 1 is 0.939 bits per heavy atom. The fraction of sp³-hybridized carbons (Fsp3) is 0.750. The summed E-state index contributed by atoms with van der Waals surface area (Å²) in [5.74, 6) is 4.47. The summed E-state index contributed by atoms with van der Waals surface area (Å²) in [7, 11) is 0. The number of hydrogen-bond donors (Lipinski definition) is 4. The molecule has 0 bridgehead atoms. The molecule has 0 spiro atoms. The molecular weight excluding hydrogens is 603 g/mol. The van der Waals surface area contributed by atoms with Crippen LogP contribution in [0, 0.1) is 63.1 Å². The van der Waals surface area contributed by atoms with Crippen LogP contribution in [0.5, 0.6) is 0 Å². The highest BCUT2D eigenvalue weighted by Gasteiger charge is 2.70. The largest absolute Gasteiger partial charge is 0.478 e. The number of carboxylic acid groups (broad SMARTS) is 1. The van der Waals surface area contributed by atoms with Crippen LogP contribution in [0.4, 0.5) is 0 Å². The highest BCUT2D eigenvalue weighted by atomic mass is 16.4. The highest BCUT2D eigenvalue weighted by molar-refractivity contribution is 5.88. The quantitative estimate of drug-likeness (QED) is 0.157. The summed E-state index contributed by atoms with van der Waals surface area (Å²) in [5.41, 5.74) is 5.65. The molecule has 7 aliphatic rings. The lowest BCUT2D eigenvalue weighted by atomic mass is 9.33. The SMILES string of the molecule is C=C(C)[C@@H]1CC[C@]2(NCCNC[C@H]3NC[C@@H]4CC43)CC[C@]3(C)[C@H](CC[C@@H]4[C@@]5(C)CC=C(c6ccc(C(=O)O)cc6)C(C)(C)[C@@H]5CC[C@]43C)[C@@H]12. The van der Waals surface area contributed by atoms with Crippen LogP contribution >= 0.6 is 0 Å². The van der Waals surface area contributed by atoms with E-state index < -0.39 is 5.97 Å². The van der Waals surface area contributed by atoms with E-state index in [0.29, 0.717) is 40.2 Å². The van der Waals surface area contributed by atoms with Crippen LogP contribution in [0.15, 0.2) is 42.5 Å². The van der Waals surface area contributed by atoms with Crippen LogP contribution in [-0.2, 0) is 0 Å². The molecule has 0 amide bonds. The maximum absolute atomic E-state index is 11.6. The average molecular weight is 668 g/mol. The number of hydrogen-bond acceptors (Lipinski definition) is 4. The Balaban J connectivity index is 1.03. The Bertz CT molecular complexity index is 1510. The fourth-order valence-corrected chi connectivity index (χ4v) is 14.7. The summed E-state index contributed by atoms with van der Waals surface area (Å²) < 4.78 is 0. The van der Waals surface area contributed by atoms with Gasteiger partial charge in [-0.2, -0.15) is 0 Å². The molecule has 6 fully saturated rings. The van der Waals surface area contributed by atoms with Gasteiger partial charge in [-0.15, -0.1) is 0 Å². The van der Waals surface area contributed by atoms with Gasteiger partial charge in [-0.05, 0) is 164 Å². The van der Waals surface area contributed by atoms with Gasteiger partial charge in [-0.25, -0.2) is 4.79 Å². The van der Waals surface area contributed by atoms with Crippen LogP contribution in [0.25, 0.3) is 5.57 Å². The van der Waals surface area contributed by atoms with Gasteiger partial charge in [0.25, 0.3) is 0 Å². The van der Waals surface area contributed by atoms with E-state index in [4.69, 9.17) is 0 Å². The number of rotatable bonds is 9. The van der Waals surface area contributed by atoms with Gasteiger partial charge in [-0.3, -0.25) is 0 Å². The number of aromatic carboxylic acids is 1. The maximum Gasteiger partial charge on any atom is 0.335 e. The van der Waals surface area contributed by atoms with Gasteiger partial charge in [0.05, 0.1) is 5.56 Å². The first-order valence-electron chi connectivity index (χ1n) is 20.1. The van der Waals surface area contributed by atoms with Crippen LogP contribution in [0.3, 0.4) is 0 Å². The average Bonchev–Trinajstić information content (AvgIpc) is 3.56. The van der Waals surface area contributed by atoms with Crippen molar-refractivity contribution in [3.63, 3.8) is 0 Å². The van der Waals surface area contributed by atoms with Gasteiger partial charge in [0.2, 0.25) is 0 Å². The number of nitrogens with one attached hydrogen (secondary N) is 3. The third kappa shape index (κ3) is 5.05. The summed E-state index contributed by atoms with van der Waals surface area (Å²) in [5, 5.41) is 21.4. The molecule has 5 nitrogen and oxygen atoms in total. The molecule has 8 rings (SSSR count). The zero-order valence-corrected chi connectivity index (χ0v) is 31.5.